The topological polar surface area (TPSA) is 69.7 Å². The largest absolute Gasteiger partial charge is 0.322 e. The average molecular weight is 572 g/mol. The molecule has 0 radical (unpaired) electrons. The minimum Gasteiger partial charge on any atom is -0.322 e. The van der Waals surface area contributed by atoms with E-state index in [0.29, 0.717) is 43.2 Å². The molecule has 1 saturated heterocycles. The summed E-state index contributed by atoms with van der Waals surface area (Å²) in [7, 11) is -3.48. The highest BCUT2D eigenvalue weighted by molar-refractivity contribution is 7.98. The summed E-state index contributed by atoms with van der Waals surface area (Å²) in [5, 5.41) is 3.06. The highest BCUT2D eigenvalue weighted by atomic mass is 32.2. The molecule has 0 saturated carbocycles. The fraction of sp³-hybridized carbons (Fsp3) is 0.219. The molecule has 0 aromatic heterocycles. The molecule has 40 heavy (non-hydrogen) atoms. The van der Waals surface area contributed by atoms with E-state index in [0.717, 1.165) is 22.6 Å². The van der Waals surface area contributed by atoms with Crippen LogP contribution in [0.3, 0.4) is 0 Å². The molecule has 1 fully saturated rings. The number of anilines is 1. The molecular formula is C32H33N3O3S2. The van der Waals surface area contributed by atoms with Crippen LogP contribution in [0.1, 0.15) is 27.0 Å². The van der Waals surface area contributed by atoms with Crippen LogP contribution in [-0.4, -0.2) is 49.7 Å². The van der Waals surface area contributed by atoms with Crippen molar-refractivity contribution in [1.29, 1.82) is 0 Å². The van der Waals surface area contributed by atoms with E-state index in [4.69, 9.17) is 0 Å². The van der Waals surface area contributed by atoms with Gasteiger partial charge >= 0.3 is 0 Å². The number of aryl methyl sites for hydroxylation is 1. The third kappa shape index (κ3) is 7.01. The summed E-state index contributed by atoms with van der Waals surface area (Å²) in [5.74, 6) is 0.725. The maximum absolute atomic E-state index is 13.1. The third-order valence-electron chi connectivity index (χ3n) is 7.00. The minimum absolute atomic E-state index is 0.143. The molecule has 1 amide bonds. The molecule has 0 atom stereocenters. The molecule has 6 nitrogen and oxygen atoms in total. The summed E-state index contributed by atoms with van der Waals surface area (Å²) < 4.78 is 27.4. The number of nitrogens with one attached hydrogen (secondary N) is 1. The van der Waals surface area contributed by atoms with Crippen molar-refractivity contribution in [2.24, 2.45) is 0 Å². The van der Waals surface area contributed by atoms with Crippen LogP contribution in [0.4, 0.5) is 5.69 Å². The monoisotopic (exact) mass is 571 g/mol. The summed E-state index contributed by atoms with van der Waals surface area (Å²) in [4.78, 5) is 16.9. The van der Waals surface area contributed by atoms with Crippen molar-refractivity contribution in [2.75, 3.05) is 31.5 Å². The summed E-state index contributed by atoms with van der Waals surface area (Å²) in [6, 6.07) is 32.7. The number of sulfonamides is 1. The van der Waals surface area contributed by atoms with Crippen LogP contribution in [0, 0.1) is 6.92 Å². The highest BCUT2D eigenvalue weighted by Gasteiger charge is 2.28. The number of hydrogen-bond donors (Lipinski definition) is 1. The van der Waals surface area contributed by atoms with Gasteiger partial charge in [0.05, 0.1) is 4.90 Å². The van der Waals surface area contributed by atoms with E-state index in [-0.39, 0.29) is 5.91 Å². The lowest BCUT2D eigenvalue weighted by atomic mass is 10.1. The molecule has 0 spiro atoms. The molecule has 1 N–H and O–H groups in total. The third-order valence-corrected chi connectivity index (χ3v) is 9.99. The Morgan fingerprint density at radius 2 is 1.50 bits per heavy atom. The first-order valence-electron chi connectivity index (χ1n) is 13.3. The maximum atomic E-state index is 13.1. The first-order valence-corrected chi connectivity index (χ1v) is 15.8. The lowest BCUT2D eigenvalue weighted by Crippen LogP contribution is -2.48. The normalized spacial score (nSPS) is 14.6. The molecule has 4 aromatic rings. The van der Waals surface area contributed by atoms with Gasteiger partial charge in [-0.1, -0.05) is 60.7 Å². The number of hydrogen-bond acceptors (Lipinski definition) is 5. The van der Waals surface area contributed by atoms with Crippen molar-refractivity contribution in [3.63, 3.8) is 0 Å². The van der Waals surface area contributed by atoms with E-state index in [2.05, 4.69) is 34.5 Å². The number of nitrogens with zero attached hydrogens (tertiary/aromatic N) is 2. The standard InChI is InChI=1S/C32H33N3O3S2/c1-25-21-27(24-39-29-11-4-2-5-12-29)15-16-31(25)33-32(36)28-10-8-9-26(22-28)23-34-17-19-35(20-18-34)40(37,38)30-13-6-3-7-14-30/h2-16,21-22H,17-20,23-24H2,1H3,(H,33,36). The Kier molecular flexibility index (Phi) is 9.01. The molecule has 1 aliphatic rings. The number of carbonyl (C=O) groups is 1. The first kappa shape index (κ1) is 28.1. The van der Waals surface area contributed by atoms with Crippen LogP contribution in [0.25, 0.3) is 0 Å². The van der Waals surface area contributed by atoms with Gasteiger partial charge < -0.3 is 5.32 Å². The van der Waals surface area contributed by atoms with Crippen LogP contribution in [0.5, 0.6) is 0 Å². The molecular weight excluding hydrogens is 539 g/mol. The Hall–Kier alpha value is -3.43. The zero-order chi connectivity index (χ0) is 28.0. The fourth-order valence-electron chi connectivity index (χ4n) is 4.77. The van der Waals surface area contributed by atoms with Gasteiger partial charge in [-0.3, -0.25) is 9.69 Å². The van der Waals surface area contributed by atoms with Crippen molar-refractivity contribution in [3.05, 3.63) is 125 Å². The van der Waals surface area contributed by atoms with Crippen LogP contribution in [0.15, 0.2) is 113 Å². The second-order valence-corrected chi connectivity index (χ2v) is 12.9. The van der Waals surface area contributed by atoms with Crippen LogP contribution in [0.2, 0.25) is 0 Å². The molecule has 0 aliphatic carbocycles. The zero-order valence-corrected chi connectivity index (χ0v) is 24.1. The Bertz CT molecular complexity index is 1550. The van der Waals surface area contributed by atoms with Gasteiger partial charge in [0.15, 0.2) is 0 Å². The summed E-state index contributed by atoms with van der Waals surface area (Å²) in [5.41, 5.74) is 4.67. The van der Waals surface area contributed by atoms with Crippen LogP contribution >= 0.6 is 11.8 Å². The van der Waals surface area contributed by atoms with Gasteiger partial charge in [-0.25, -0.2) is 8.42 Å². The van der Waals surface area contributed by atoms with Gasteiger partial charge in [-0.05, 0) is 66.1 Å². The number of rotatable bonds is 9. The number of benzene rings is 4. The van der Waals surface area contributed by atoms with Gasteiger partial charge in [0, 0.05) is 54.6 Å². The Morgan fingerprint density at radius 3 is 2.20 bits per heavy atom. The molecule has 206 valence electrons. The summed E-state index contributed by atoms with van der Waals surface area (Å²) in [6.07, 6.45) is 0. The number of thioether (sulfide) groups is 1. The molecule has 5 rings (SSSR count). The van der Waals surface area contributed by atoms with E-state index < -0.39 is 10.0 Å². The van der Waals surface area contributed by atoms with Crippen LogP contribution < -0.4 is 5.32 Å². The number of carbonyl (C=O) groups excluding carboxylic acids is 1. The second kappa shape index (κ2) is 12.8. The smallest absolute Gasteiger partial charge is 0.255 e. The Labute approximate surface area is 241 Å². The number of amides is 1. The van der Waals surface area contributed by atoms with Gasteiger partial charge in [0.2, 0.25) is 10.0 Å². The van der Waals surface area contributed by atoms with Crippen molar-refractivity contribution < 1.29 is 13.2 Å². The molecule has 8 heteroatoms. The molecule has 0 unspecified atom stereocenters. The van der Waals surface area contributed by atoms with E-state index in [1.54, 1.807) is 40.3 Å². The predicted octanol–water partition coefficient (Wildman–Crippen LogP) is 6.05. The van der Waals surface area contributed by atoms with Crippen molar-refractivity contribution in [1.82, 2.24) is 9.21 Å². The second-order valence-electron chi connectivity index (χ2n) is 9.90. The molecule has 4 aromatic carbocycles. The Morgan fingerprint density at radius 1 is 0.800 bits per heavy atom. The van der Waals surface area contributed by atoms with E-state index in [1.165, 1.54) is 10.5 Å². The van der Waals surface area contributed by atoms with Gasteiger partial charge in [-0.2, -0.15) is 4.31 Å². The zero-order valence-electron chi connectivity index (χ0n) is 22.5. The van der Waals surface area contributed by atoms with Crippen molar-refractivity contribution in [3.8, 4) is 0 Å². The minimum atomic E-state index is -3.48. The first-order chi connectivity index (χ1) is 19.4. The number of piperazine rings is 1. The average Bonchev–Trinajstić information content (AvgIpc) is 2.99. The SMILES string of the molecule is Cc1cc(CSc2ccccc2)ccc1NC(=O)c1cccc(CN2CCN(S(=O)(=O)c3ccccc3)CC2)c1. The molecule has 1 heterocycles. The van der Waals surface area contributed by atoms with Crippen molar-refractivity contribution in [2.45, 2.75) is 29.0 Å². The van der Waals surface area contributed by atoms with Gasteiger partial charge in [-0.15, -0.1) is 11.8 Å². The maximum Gasteiger partial charge on any atom is 0.255 e. The molecule has 0 bridgehead atoms. The fourth-order valence-corrected chi connectivity index (χ4v) is 7.08. The van der Waals surface area contributed by atoms with Gasteiger partial charge in [0.1, 0.15) is 0 Å². The van der Waals surface area contributed by atoms with Crippen LogP contribution in [-0.2, 0) is 22.3 Å². The van der Waals surface area contributed by atoms with E-state index in [1.807, 2.05) is 61.5 Å². The lowest BCUT2D eigenvalue weighted by molar-refractivity contribution is 0.102. The van der Waals surface area contributed by atoms with E-state index >= 15 is 0 Å². The highest BCUT2D eigenvalue weighted by Crippen LogP contribution is 2.25. The van der Waals surface area contributed by atoms with Crippen molar-refractivity contribution >= 4 is 33.4 Å². The van der Waals surface area contributed by atoms with E-state index in [9.17, 15) is 13.2 Å². The van der Waals surface area contributed by atoms with Gasteiger partial charge in [0.25, 0.3) is 5.91 Å². The predicted molar refractivity (Wildman–Crippen MR) is 162 cm³/mol. The summed E-state index contributed by atoms with van der Waals surface area (Å²) in [6.45, 7) is 4.83. The molecule has 1 aliphatic heterocycles. The Balaban J connectivity index is 1.15. The lowest BCUT2D eigenvalue weighted by Gasteiger charge is -2.34. The summed E-state index contributed by atoms with van der Waals surface area (Å²) >= 11 is 1.79. The quantitative estimate of drug-likeness (QED) is 0.248.